The van der Waals surface area contributed by atoms with Crippen LogP contribution in [-0.2, 0) is 4.79 Å². The zero-order chi connectivity index (χ0) is 17.3. The number of halogens is 1. The summed E-state index contributed by atoms with van der Waals surface area (Å²) in [6.45, 7) is 0. The average Bonchev–Trinajstić information content (AvgIpc) is 2.83. The van der Waals surface area contributed by atoms with Crippen LogP contribution in [-0.4, -0.2) is 34.8 Å². The number of rotatable bonds is 3. The lowest BCUT2D eigenvalue weighted by molar-refractivity contribution is -0.127. The van der Waals surface area contributed by atoms with Crippen LogP contribution in [0.15, 0.2) is 42.6 Å². The van der Waals surface area contributed by atoms with Crippen molar-refractivity contribution in [2.75, 3.05) is 7.05 Å². The summed E-state index contributed by atoms with van der Waals surface area (Å²) < 4.78 is 0.371. The Bertz CT molecular complexity index is 834. The summed E-state index contributed by atoms with van der Waals surface area (Å²) in [5.74, 6) is -0.303. The maximum absolute atomic E-state index is 12.5. The van der Waals surface area contributed by atoms with Crippen molar-refractivity contribution in [3.63, 3.8) is 0 Å². The Morgan fingerprint density at radius 1 is 1.33 bits per heavy atom. The van der Waals surface area contributed by atoms with Gasteiger partial charge in [0.05, 0.1) is 17.6 Å². The molecule has 1 aliphatic heterocycles. The monoisotopic (exact) mass is 361 g/mol. The maximum Gasteiger partial charge on any atom is 0.254 e. The molecule has 2 aromatic rings. The molecule has 3 rings (SSSR count). The van der Waals surface area contributed by atoms with Crippen LogP contribution in [0.1, 0.15) is 28.4 Å². The van der Waals surface area contributed by atoms with Crippen LogP contribution in [0.25, 0.3) is 0 Å². The van der Waals surface area contributed by atoms with Crippen molar-refractivity contribution in [2.24, 2.45) is 0 Å². The first kappa shape index (κ1) is 16.7. The average molecular weight is 362 g/mol. The van der Waals surface area contributed by atoms with E-state index in [4.69, 9.17) is 23.8 Å². The van der Waals surface area contributed by atoms with Crippen molar-refractivity contribution in [1.82, 2.24) is 15.2 Å². The predicted octanol–water partition coefficient (Wildman–Crippen LogP) is 3.10. The summed E-state index contributed by atoms with van der Waals surface area (Å²) in [7, 11) is 1.74. The first-order valence-electron chi connectivity index (χ1n) is 7.47. The van der Waals surface area contributed by atoms with Gasteiger partial charge in [0.1, 0.15) is 4.64 Å². The molecule has 0 aliphatic carbocycles. The van der Waals surface area contributed by atoms with Crippen LogP contribution in [0.5, 0.6) is 0 Å². The summed E-state index contributed by atoms with van der Waals surface area (Å²) in [6.07, 6.45) is 1.92. The van der Waals surface area contributed by atoms with E-state index in [0.29, 0.717) is 15.2 Å². The number of likely N-dealkylation sites (N-methyl/N-ethyl adjacent to an activating group) is 1. The minimum absolute atomic E-state index is 0.0153. The van der Waals surface area contributed by atoms with Crippen molar-refractivity contribution in [2.45, 2.75) is 18.5 Å². The molecule has 7 heteroatoms. The van der Waals surface area contributed by atoms with Gasteiger partial charge in [0.2, 0.25) is 5.91 Å². The van der Waals surface area contributed by atoms with Crippen LogP contribution in [0.2, 0.25) is 5.02 Å². The van der Waals surface area contributed by atoms with Gasteiger partial charge in [-0.1, -0.05) is 36.0 Å². The van der Waals surface area contributed by atoms with E-state index in [2.05, 4.69) is 10.3 Å². The molecule has 24 heavy (non-hydrogen) atoms. The van der Waals surface area contributed by atoms with Crippen LogP contribution in [0, 0.1) is 4.64 Å². The third-order valence-corrected chi connectivity index (χ3v) is 4.77. The van der Waals surface area contributed by atoms with Crippen LogP contribution < -0.4 is 5.32 Å². The number of carbonyl (C=O) groups excluding carboxylic acids is 2. The molecule has 2 N–H and O–H groups in total. The summed E-state index contributed by atoms with van der Waals surface area (Å²) in [5, 5.41) is 3.57. The highest BCUT2D eigenvalue weighted by Gasteiger charge is 2.39. The van der Waals surface area contributed by atoms with Gasteiger partial charge in [0.15, 0.2) is 0 Å². The predicted molar refractivity (Wildman–Crippen MR) is 94.5 cm³/mol. The summed E-state index contributed by atoms with van der Waals surface area (Å²) in [5.41, 5.74) is 1.32. The summed E-state index contributed by atoms with van der Waals surface area (Å²) in [4.78, 5) is 29.1. The molecule has 1 aliphatic rings. The maximum atomic E-state index is 12.5. The van der Waals surface area contributed by atoms with Crippen molar-refractivity contribution in [3.05, 3.63) is 63.4 Å². The van der Waals surface area contributed by atoms with Gasteiger partial charge in [0, 0.05) is 24.7 Å². The van der Waals surface area contributed by atoms with Crippen molar-refractivity contribution in [3.8, 4) is 0 Å². The molecule has 0 bridgehead atoms. The Morgan fingerprint density at radius 3 is 2.71 bits per heavy atom. The SMILES string of the molecule is CN1C(=O)C[C@H](NC(=O)c2ccc[nH]c2=S)[C@H]1c1ccc(Cl)cc1. The molecular formula is C17H16ClN3O2S. The Hall–Kier alpha value is -2.18. The Labute approximate surface area is 149 Å². The number of nitrogens with zero attached hydrogens (tertiary/aromatic N) is 1. The number of amides is 2. The van der Waals surface area contributed by atoms with E-state index in [-0.39, 0.29) is 30.3 Å². The minimum Gasteiger partial charge on any atom is -0.352 e. The molecule has 1 aromatic carbocycles. The lowest BCUT2D eigenvalue weighted by Gasteiger charge is -2.26. The van der Waals surface area contributed by atoms with Gasteiger partial charge in [-0.15, -0.1) is 0 Å². The van der Waals surface area contributed by atoms with E-state index in [1.807, 2.05) is 12.1 Å². The van der Waals surface area contributed by atoms with Gasteiger partial charge in [0.25, 0.3) is 5.91 Å². The zero-order valence-corrected chi connectivity index (χ0v) is 14.5. The number of carbonyl (C=O) groups is 2. The number of pyridine rings is 1. The number of aromatic nitrogens is 1. The van der Waals surface area contributed by atoms with Gasteiger partial charge in [-0.25, -0.2) is 0 Å². The van der Waals surface area contributed by atoms with Gasteiger partial charge in [-0.3, -0.25) is 9.59 Å². The Kier molecular flexibility index (Phi) is 4.69. The molecule has 1 saturated heterocycles. The third-order valence-electron chi connectivity index (χ3n) is 4.18. The number of hydrogen-bond acceptors (Lipinski definition) is 3. The van der Waals surface area contributed by atoms with Gasteiger partial charge in [-0.2, -0.15) is 0 Å². The lowest BCUT2D eigenvalue weighted by Crippen LogP contribution is -2.39. The smallest absolute Gasteiger partial charge is 0.254 e. The number of H-pyrrole nitrogens is 1. The van der Waals surface area contributed by atoms with Gasteiger partial charge in [-0.05, 0) is 29.8 Å². The van der Waals surface area contributed by atoms with Crippen LogP contribution in [0.4, 0.5) is 0 Å². The van der Waals surface area contributed by atoms with E-state index in [1.165, 1.54) is 0 Å². The van der Waals surface area contributed by atoms with Crippen LogP contribution >= 0.6 is 23.8 Å². The molecule has 2 amide bonds. The molecule has 124 valence electrons. The molecule has 0 unspecified atom stereocenters. The Balaban J connectivity index is 1.87. The first-order chi connectivity index (χ1) is 11.5. The highest BCUT2D eigenvalue weighted by atomic mass is 35.5. The molecule has 2 atom stereocenters. The molecule has 2 heterocycles. The van der Waals surface area contributed by atoms with Gasteiger partial charge < -0.3 is 15.2 Å². The fraction of sp³-hybridized carbons (Fsp3) is 0.235. The highest BCUT2D eigenvalue weighted by Crippen LogP contribution is 2.32. The van der Waals surface area contributed by atoms with Crippen molar-refractivity contribution >= 4 is 35.6 Å². The molecule has 0 radical (unpaired) electrons. The second-order valence-electron chi connectivity index (χ2n) is 5.70. The number of aromatic amines is 1. The fourth-order valence-electron chi connectivity index (χ4n) is 2.96. The van der Waals surface area contributed by atoms with Crippen molar-refractivity contribution in [1.29, 1.82) is 0 Å². The van der Waals surface area contributed by atoms with Crippen LogP contribution in [0.3, 0.4) is 0 Å². The number of benzene rings is 1. The van der Waals surface area contributed by atoms with E-state index < -0.39 is 0 Å². The lowest BCUT2D eigenvalue weighted by atomic mass is 10.00. The fourth-order valence-corrected chi connectivity index (χ4v) is 3.32. The zero-order valence-electron chi connectivity index (χ0n) is 13.0. The Morgan fingerprint density at radius 2 is 2.04 bits per heavy atom. The van der Waals surface area contributed by atoms with Crippen molar-refractivity contribution < 1.29 is 9.59 Å². The second kappa shape index (κ2) is 6.75. The molecule has 1 fully saturated rings. The van der Waals surface area contributed by atoms with E-state index in [9.17, 15) is 9.59 Å². The standard InChI is InChI=1S/C17H16ClN3O2S/c1-21-14(22)9-13(15(21)10-4-6-11(18)7-5-10)20-16(23)12-3-2-8-19-17(12)24/h2-8,13,15H,9H2,1H3,(H,19,24)(H,20,23)/t13-,15+/m0/s1. The largest absolute Gasteiger partial charge is 0.352 e. The van der Waals surface area contributed by atoms with E-state index in [0.717, 1.165) is 5.56 Å². The van der Waals surface area contributed by atoms with E-state index >= 15 is 0 Å². The van der Waals surface area contributed by atoms with E-state index in [1.54, 1.807) is 42.4 Å². The first-order valence-corrected chi connectivity index (χ1v) is 8.25. The molecule has 1 aromatic heterocycles. The highest BCUT2D eigenvalue weighted by molar-refractivity contribution is 7.71. The summed E-state index contributed by atoms with van der Waals surface area (Å²) >= 11 is 11.1. The van der Waals surface area contributed by atoms with Gasteiger partial charge >= 0.3 is 0 Å². The molecule has 5 nitrogen and oxygen atoms in total. The minimum atomic E-state index is -0.328. The number of nitrogens with one attached hydrogen (secondary N) is 2. The summed E-state index contributed by atoms with van der Waals surface area (Å²) in [6, 6.07) is 10.1. The number of likely N-dealkylation sites (tertiary alicyclic amines) is 1. The number of hydrogen-bond donors (Lipinski definition) is 2. The topological polar surface area (TPSA) is 65.2 Å². The second-order valence-corrected chi connectivity index (χ2v) is 6.54. The quantitative estimate of drug-likeness (QED) is 0.825. The molecule has 0 saturated carbocycles. The molecule has 0 spiro atoms. The third kappa shape index (κ3) is 3.20. The molecular weight excluding hydrogens is 346 g/mol. The normalized spacial score (nSPS) is 20.2.